The highest BCUT2D eigenvalue weighted by molar-refractivity contribution is 6.00. The first-order valence-electron chi connectivity index (χ1n) is 7.22. The molecule has 0 radical (unpaired) electrons. The molecule has 20 heavy (non-hydrogen) atoms. The van der Waals surface area contributed by atoms with E-state index in [1.165, 1.54) is 12.8 Å². The molecule has 1 aromatic carbocycles. The molecule has 1 N–H and O–H groups in total. The Morgan fingerprint density at radius 3 is 2.85 bits per heavy atom. The van der Waals surface area contributed by atoms with E-state index in [0.29, 0.717) is 17.0 Å². The van der Waals surface area contributed by atoms with E-state index in [9.17, 15) is 9.90 Å². The summed E-state index contributed by atoms with van der Waals surface area (Å²) in [4.78, 5) is 11.3. The topological polar surface area (TPSA) is 68.0 Å². The summed E-state index contributed by atoms with van der Waals surface area (Å²) in [5, 5.41) is 17.5. The second-order valence-corrected chi connectivity index (χ2v) is 5.17. The molecular weight excluding hydrogens is 254 g/mol. The Morgan fingerprint density at radius 1 is 1.40 bits per heavy atom. The number of nitrogens with zero attached hydrogens (tertiary/aromatic N) is 3. The minimum Gasteiger partial charge on any atom is -0.478 e. The van der Waals surface area contributed by atoms with E-state index in [1.54, 1.807) is 22.9 Å². The molecule has 0 saturated heterocycles. The van der Waals surface area contributed by atoms with Crippen molar-refractivity contribution in [2.45, 2.75) is 46.1 Å². The second-order valence-electron chi connectivity index (χ2n) is 5.17. The maximum absolute atomic E-state index is 11.3. The molecule has 108 valence electrons. The highest BCUT2D eigenvalue weighted by Gasteiger charge is 2.16. The Labute approximate surface area is 118 Å². The molecule has 2 aromatic rings. The van der Waals surface area contributed by atoms with E-state index in [-0.39, 0.29) is 5.56 Å². The minimum atomic E-state index is -0.930. The van der Waals surface area contributed by atoms with E-state index >= 15 is 0 Å². The summed E-state index contributed by atoms with van der Waals surface area (Å²) in [5.41, 5.74) is 1.56. The fraction of sp³-hybridized carbons (Fsp3) is 0.533. The molecule has 2 rings (SSSR count). The van der Waals surface area contributed by atoms with Gasteiger partial charge in [0.05, 0.1) is 5.56 Å². The van der Waals surface area contributed by atoms with Gasteiger partial charge in [-0.05, 0) is 24.5 Å². The number of carbonyl (C=O) groups is 1. The third-order valence-corrected chi connectivity index (χ3v) is 3.74. The van der Waals surface area contributed by atoms with Gasteiger partial charge < -0.3 is 5.11 Å². The zero-order valence-electron chi connectivity index (χ0n) is 12.0. The molecule has 1 aromatic heterocycles. The number of hydrogen-bond acceptors (Lipinski definition) is 3. The van der Waals surface area contributed by atoms with Crippen molar-refractivity contribution in [2.24, 2.45) is 5.92 Å². The van der Waals surface area contributed by atoms with Crippen LogP contribution in [0.3, 0.4) is 0 Å². The van der Waals surface area contributed by atoms with Crippen molar-refractivity contribution in [1.29, 1.82) is 0 Å². The van der Waals surface area contributed by atoms with Gasteiger partial charge in [-0.2, -0.15) is 0 Å². The molecule has 5 heteroatoms. The Morgan fingerprint density at radius 2 is 2.20 bits per heavy atom. The Hall–Kier alpha value is -1.91. The van der Waals surface area contributed by atoms with Gasteiger partial charge in [-0.25, -0.2) is 9.48 Å². The van der Waals surface area contributed by atoms with Crippen molar-refractivity contribution in [1.82, 2.24) is 15.0 Å². The predicted molar refractivity (Wildman–Crippen MR) is 77.8 cm³/mol. The minimum absolute atomic E-state index is 0.276. The number of aromatic nitrogens is 3. The molecule has 0 amide bonds. The van der Waals surface area contributed by atoms with Crippen LogP contribution < -0.4 is 0 Å². The molecule has 0 spiro atoms. The molecule has 0 bridgehead atoms. The van der Waals surface area contributed by atoms with Crippen LogP contribution >= 0.6 is 0 Å². The van der Waals surface area contributed by atoms with Crippen LogP contribution in [0.2, 0.25) is 0 Å². The van der Waals surface area contributed by atoms with Crippen LogP contribution in [-0.2, 0) is 6.54 Å². The lowest BCUT2D eigenvalue weighted by molar-refractivity contribution is 0.0698. The number of carboxylic acids is 1. The number of fused-ring (bicyclic) bond motifs is 1. The third-order valence-electron chi connectivity index (χ3n) is 3.74. The molecule has 1 heterocycles. The van der Waals surface area contributed by atoms with Gasteiger partial charge in [0.15, 0.2) is 0 Å². The summed E-state index contributed by atoms with van der Waals surface area (Å²) < 4.78 is 1.75. The first-order chi connectivity index (χ1) is 9.67. The van der Waals surface area contributed by atoms with E-state index in [1.807, 2.05) is 0 Å². The summed E-state index contributed by atoms with van der Waals surface area (Å²) in [6.45, 7) is 5.08. The van der Waals surface area contributed by atoms with Gasteiger partial charge in [-0.15, -0.1) is 5.10 Å². The van der Waals surface area contributed by atoms with Gasteiger partial charge in [0.25, 0.3) is 0 Å². The van der Waals surface area contributed by atoms with Gasteiger partial charge in [0.2, 0.25) is 0 Å². The smallest absolute Gasteiger partial charge is 0.337 e. The number of benzene rings is 1. The quantitative estimate of drug-likeness (QED) is 0.841. The Kier molecular flexibility index (Phi) is 4.71. The summed E-state index contributed by atoms with van der Waals surface area (Å²) >= 11 is 0. The van der Waals surface area contributed by atoms with E-state index < -0.39 is 5.97 Å². The van der Waals surface area contributed by atoms with Crippen molar-refractivity contribution in [2.75, 3.05) is 0 Å². The number of unbranched alkanes of at least 4 members (excludes halogenated alkanes) is 1. The zero-order valence-corrected chi connectivity index (χ0v) is 12.0. The SMILES string of the molecule is CCCCC(CC)Cn1nnc2cccc(C(=O)O)c21. The first-order valence-corrected chi connectivity index (χ1v) is 7.22. The van der Waals surface area contributed by atoms with Crippen LogP contribution in [0.4, 0.5) is 0 Å². The lowest BCUT2D eigenvalue weighted by atomic mass is 9.99. The maximum Gasteiger partial charge on any atom is 0.337 e. The Balaban J connectivity index is 2.32. The fourth-order valence-corrected chi connectivity index (χ4v) is 2.49. The fourth-order valence-electron chi connectivity index (χ4n) is 2.49. The summed E-state index contributed by atoms with van der Waals surface area (Å²) in [6.07, 6.45) is 4.58. The zero-order chi connectivity index (χ0) is 14.5. The monoisotopic (exact) mass is 275 g/mol. The first kappa shape index (κ1) is 14.5. The average molecular weight is 275 g/mol. The molecule has 0 aliphatic carbocycles. The number of para-hydroxylation sites is 1. The van der Waals surface area contributed by atoms with Gasteiger partial charge >= 0.3 is 5.97 Å². The van der Waals surface area contributed by atoms with Crippen molar-refractivity contribution in [3.63, 3.8) is 0 Å². The highest BCUT2D eigenvalue weighted by atomic mass is 16.4. The van der Waals surface area contributed by atoms with E-state index in [4.69, 9.17) is 0 Å². The molecular formula is C15H21N3O2. The number of rotatable bonds is 7. The van der Waals surface area contributed by atoms with Gasteiger partial charge in [-0.1, -0.05) is 44.4 Å². The lowest BCUT2D eigenvalue weighted by Gasteiger charge is -2.14. The van der Waals surface area contributed by atoms with Crippen molar-refractivity contribution in [3.8, 4) is 0 Å². The normalized spacial score (nSPS) is 12.7. The second kappa shape index (κ2) is 6.50. The van der Waals surface area contributed by atoms with Crippen LogP contribution in [0, 0.1) is 5.92 Å². The molecule has 1 atom stereocenters. The third kappa shape index (κ3) is 2.98. The summed E-state index contributed by atoms with van der Waals surface area (Å²) in [6, 6.07) is 5.12. The van der Waals surface area contributed by atoms with Gasteiger partial charge in [-0.3, -0.25) is 0 Å². The summed E-state index contributed by atoms with van der Waals surface area (Å²) in [7, 11) is 0. The Bertz CT molecular complexity index is 592. The summed E-state index contributed by atoms with van der Waals surface area (Å²) in [5.74, 6) is -0.414. The number of carboxylic acid groups (broad SMARTS) is 1. The lowest BCUT2D eigenvalue weighted by Crippen LogP contribution is -2.13. The number of hydrogen-bond donors (Lipinski definition) is 1. The van der Waals surface area contributed by atoms with Gasteiger partial charge in [0.1, 0.15) is 11.0 Å². The molecule has 0 aliphatic heterocycles. The number of aromatic carboxylic acids is 1. The van der Waals surface area contributed by atoms with Crippen molar-refractivity contribution in [3.05, 3.63) is 23.8 Å². The molecule has 0 fully saturated rings. The largest absolute Gasteiger partial charge is 0.478 e. The standard InChI is InChI=1S/C15H21N3O2/c1-3-5-7-11(4-2)10-18-14-12(15(19)20)8-6-9-13(14)16-17-18/h6,8-9,11H,3-5,7,10H2,1-2H3,(H,19,20). The maximum atomic E-state index is 11.3. The molecule has 5 nitrogen and oxygen atoms in total. The van der Waals surface area contributed by atoms with Crippen LogP contribution in [0.15, 0.2) is 18.2 Å². The average Bonchev–Trinajstić information content (AvgIpc) is 2.86. The van der Waals surface area contributed by atoms with Crippen LogP contribution in [0.5, 0.6) is 0 Å². The highest BCUT2D eigenvalue weighted by Crippen LogP contribution is 2.21. The van der Waals surface area contributed by atoms with Crippen molar-refractivity contribution < 1.29 is 9.90 Å². The van der Waals surface area contributed by atoms with Crippen LogP contribution in [0.25, 0.3) is 11.0 Å². The van der Waals surface area contributed by atoms with Crippen LogP contribution in [-0.4, -0.2) is 26.1 Å². The van der Waals surface area contributed by atoms with E-state index in [2.05, 4.69) is 24.2 Å². The van der Waals surface area contributed by atoms with Crippen LogP contribution in [0.1, 0.15) is 49.9 Å². The molecule has 0 saturated carbocycles. The van der Waals surface area contributed by atoms with Crippen molar-refractivity contribution >= 4 is 17.0 Å². The molecule has 1 unspecified atom stereocenters. The molecule has 0 aliphatic rings. The van der Waals surface area contributed by atoms with E-state index in [0.717, 1.165) is 19.4 Å². The predicted octanol–water partition coefficient (Wildman–Crippen LogP) is 3.35. The van der Waals surface area contributed by atoms with Gasteiger partial charge in [0, 0.05) is 6.54 Å².